The zero-order chi connectivity index (χ0) is 17.4. The molecule has 3 heterocycles. The summed E-state index contributed by atoms with van der Waals surface area (Å²) in [7, 11) is 0. The van der Waals surface area contributed by atoms with Gasteiger partial charge >= 0.3 is 0 Å². The number of fused-ring (bicyclic) bond motifs is 1. The van der Waals surface area contributed by atoms with Gasteiger partial charge in [0.2, 0.25) is 0 Å². The number of hydrogen-bond donors (Lipinski definition) is 1. The first-order valence-electron chi connectivity index (χ1n) is 7.50. The van der Waals surface area contributed by atoms with Gasteiger partial charge in [0, 0.05) is 10.3 Å². The van der Waals surface area contributed by atoms with Crippen molar-refractivity contribution >= 4 is 45.7 Å². The minimum atomic E-state index is -0.354. The van der Waals surface area contributed by atoms with Crippen LogP contribution in [-0.2, 0) is 0 Å². The molecule has 0 fully saturated rings. The Balaban J connectivity index is 1.55. The van der Waals surface area contributed by atoms with Crippen LogP contribution in [-0.4, -0.2) is 15.3 Å². The van der Waals surface area contributed by atoms with E-state index in [2.05, 4.69) is 14.7 Å². The van der Waals surface area contributed by atoms with Crippen LogP contribution in [0.5, 0.6) is 0 Å². The zero-order valence-corrected chi connectivity index (χ0v) is 14.7. The molecule has 1 aromatic carbocycles. The fourth-order valence-corrected chi connectivity index (χ4v) is 3.28. The third-order valence-corrected chi connectivity index (χ3v) is 5.03. The van der Waals surface area contributed by atoms with Crippen LogP contribution in [0.3, 0.4) is 0 Å². The Kier molecular flexibility index (Phi) is 3.99. The fourth-order valence-electron chi connectivity index (χ4n) is 2.41. The van der Waals surface area contributed by atoms with Crippen molar-refractivity contribution in [2.75, 3.05) is 5.32 Å². The van der Waals surface area contributed by atoms with Crippen LogP contribution in [0, 0.1) is 6.92 Å². The third kappa shape index (κ3) is 3.01. The Morgan fingerprint density at radius 2 is 2.08 bits per heavy atom. The number of nitrogens with one attached hydrogen (secondary N) is 1. The van der Waals surface area contributed by atoms with Crippen LogP contribution in [0.1, 0.15) is 15.4 Å². The maximum atomic E-state index is 12.2. The molecule has 124 valence electrons. The topological polar surface area (TPSA) is 68.0 Å². The molecule has 25 heavy (non-hydrogen) atoms. The third-order valence-electron chi connectivity index (χ3n) is 3.71. The van der Waals surface area contributed by atoms with Gasteiger partial charge in [-0.05, 0) is 42.7 Å². The molecule has 0 atom stereocenters. The Labute approximate surface area is 152 Å². The number of anilines is 1. The lowest BCUT2D eigenvalue weighted by atomic mass is 10.2. The SMILES string of the molecule is Cc1snc(C(=O)Nc2ccc(-c3cc4ccccc4o3)nc2)c1Cl. The quantitative estimate of drug-likeness (QED) is 0.541. The summed E-state index contributed by atoms with van der Waals surface area (Å²) in [5, 5.41) is 4.15. The Morgan fingerprint density at radius 3 is 2.76 bits per heavy atom. The average Bonchev–Trinajstić information content (AvgIpc) is 3.19. The molecule has 3 aromatic heterocycles. The number of carbonyl (C=O) groups is 1. The minimum Gasteiger partial charge on any atom is -0.454 e. The largest absolute Gasteiger partial charge is 0.454 e. The van der Waals surface area contributed by atoms with Gasteiger partial charge in [-0.2, -0.15) is 4.37 Å². The first kappa shape index (κ1) is 15.8. The predicted molar refractivity (Wildman–Crippen MR) is 99.3 cm³/mol. The van der Waals surface area contributed by atoms with Crippen molar-refractivity contribution in [1.82, 2.24) is 9.36 Å². The van der Waals surface area contributed by atoms with Crippen LogP contribution < -0.4 is 5.32 Å². The lowest BCUT2D eigenvalue weighted by Gasteiger charge is -2.04. The summed E-state index contributed by atoms with van der Waals surface area (Å²) < 4.78 is 9.85. The Morgan fingerprint density at radius 1 is 1.24 bits per heavy atom. The van der Waals surface area contributed by atoms with E-state index in [0.29, 0.717) is 22.2 Å². The molecular formula is C18H12ClN3O2S. The number of halogens is 1. The zero-order valence-electron chi connectivity index (χ0n) is 13.1. The molecule has 4 rings (SSSR count). The summed E-state index contributed by atoms with van der Waals surface area (Å²) in [6.45, 7) is 1.82. The molecule has 5 nitrogen and oxygen atoms in total. The smallest absolute Gasteiger partial charge is 0.276 e. The second kappa shape index (κ2) is 6.31. The Hall–Kier alpha value is -2.70. The first-order chi connectivity index (χ1) is 12.1. The van der Waals surface area contributed by atoms with Gasteiger partial charge in [0.1, 0.15) is 11.3 Å². The Bertz CT molecular complexity index is 1040. The van der Waals surface area contributed by atoms with Crippen molar-refractivity contribution in [2.24, 2.45) is 0 Å². The standard InChI is InChI=1S/C18H12ClN3O2S/c1-10-16(19)17(22-25-10)18(23)21-12-6-7-13(20-9-12)15-8-11-4-2-3-5-14(11)24-15/h2-9H,1H3,(H,21,23). The van der Waals surface area contributed by atoms with Crippen molar-refractivity contribution in [3.8, 4) is 11.5 Å². The number of amides is 1. The summed E-state index contributed by atoms with van der Waals surface area (Å²) in [5.74, 6) is 0.324. The predicted octanol–water partition coefficient (Wildman–Crippen LogP) is 5.17. The van der Waals surface area contributed by atoms with Crippen LogP contribution >= 0.6 is 23.1 Å². The number of aryl methyl sites for hydroxylation is 1. The minimum absolute atomic E-state index is 0.227. The van der Waals surface area contributed by atoms with Gasteiger partial charge in [-0.15, -0.1) is 0 Å². The van der Waals surface area contributed by atoms with E-state index in [0.717, 1.165) is 15.8 Å². The highest BCUT2D eigenvalue weighted by atomic mass is 35.5. The molecule has 0 radical (unpaired) electrons. The van der Waals surface area contributed by atoms with Gasteiger partial charge in [0.15, 0.2) is 11.5 Å². The van der Waals surface area contributed by atoms with Gasteiger partial charge < -0.3 is 9.73 Å². The molecule has 0 spiro atoms. The number of furan rings is 1. The molecule has 0 aliphatic rings. The van der Waals surface area contributed by atoms with E-state index < -0.39 is 0 Å². The highest BCUT2D eigenvalue weighted by molar-refractivity contribution is 7.06. The van der Waals surface area contributed by atoms with E-state index in [1.165, 1.54) is 11.5 Å². The van der Waals surface area contributed by atoms with Gasteiger partial charge in [-0.3, -0.25) is 9.78 Å². The molecule has 0 bridgehead atoms. The second-order valence-electron chi connectivity index (χ2n) is 5.44. The van der Waals surface area contributed by atoms with E-state index in [4.69, 9.17) is 16.0 Å². The van der Waals surface area contributed by atoms with Crippen LogP contribution in [0.25, 0.3) is 22.4 Å². The highest BCUT2D eigenvalue weighted by Crippen LogP contribution is 2.27. The van der Waals surface area contributed by atoms with E-state index in [1.807, 2.05) is 37.3 Å². The van der Waals surface area contributed by atoms with E-state index in [1.54, 1.807) is 18.3 Å². The summed E-state index contributed by atoms with van der Waals surface area (Å²) in [5.41, 5.74) is 2.29. The number of rotatable bonds is 3. The van der Waals surface area contributed by atoms with Gasteiger partial charge in [-0.25, -0.2) is 0 Å². The van der Waals surface area contributed by atoms with Crippen LogP contribution in [0.15, 0.2) is 53.1 Å². The van der Waals surface area contributed by atoms with Crippen LogP contribution in [0.4, 0.5) is 5.69 Å². The lowest BCUT2D eigenvalue weighted by molar-refractivity contribution is 0.102. The van der Waals surface area contributed by atoms with E-state index >= 15 is 0 Å². The molecule has 0 aliphatic carbocycles. The molecule has 4 aromatic rings. The highest BCUT2D eigenvalue weighted by Gasteiger charge is 2.17. The molecule has 1 amide bonds. The molecule has 1 N–H and O–H groups in total. The number of pyridine rings is 1. The molecule has 7 heteroatoms. The second-order valence-corrected chi connectivity index (χ2v) is 6.79. The number of aromatic nitrogens is 2. The monoisotopic (exact) mass is 369 g/mol. The number of benzene rings is 1. The van der Waals surface area contributed by atoms with Crippen molar-refractivity contribution in [2.45, 2.75) is 6.92 Å². The summed E-state index contributed by atoms with van der Waals surface area (Å²) >= 11 is 7.27. The molecule has 0 unspecified atom stereocenters. The van der Waals surface area contributed by atoms with Gasteiger partial charge in [0.25, 0.3) is 5.91 Å². The molecule has 0 aliphatic heterocycles. The van der Waals surface area contributed by atoms with Crippen molar-refractivity contribution in [3.63, 3.8) is 0 Å². The maximum absolute atomic E-state index is 12.2. The average molecular weight is 370 g/mol. The molecule has 0 saturated carbocycles. The summed E-state index contributed by atoms with van der Waals surface area (Å²) in [4.78, 5) is 17.4. The van der Waals surface area contributed by atoms with Gasteiger partial charge in [-0.1, -0.05) is 29.8 Å². The fraction of sp³-hybridized carbons (Fsp3) is 0.0556. The van der Waals surface area contributed by atoms with Crippen LogP contribution in [0.2, 0.25) is 5.02 Å². The number of para-hydroxylation sites is 1. The maximum Gasteiger partial charge on any atom is 0.276 e. The number of carbonyl (C=O) groups excluding carboxylic acids is 1. The van der Waals surface area contributed by atoms with Crippen molar-refractivity contribution in [3.05, 3.63) is 64.3 Å². The summed E-state index contributed by atoms with van der Waals surface area (Å²) in [6.07, 6.45) is 1.58. The summed E-state index contributed by atoms with van der Waals surface area (Å²) in [6, 6.07) is 13.3. The van der Waals surface area contributed by atoms with Crippen molar-refractivity contribution < 1.29 is 9.21 Å². The molecule has 0 saturated heterocycles. The lowest BCUT2D eigenvalue weighted by Crippen LogP contribution is -2.12. The van der Waals surface area contributed by atoms with E-state index in [-0.39, 0.29) is 11.6 Å². The number of nitrogens with zero attached hydrogens (tertiary/aromatic N) is 2. The van der Waals surface area contributed by atoms with Crippen molar-refractivity contribution in [1.29, 1.82) is 0 Å². The normalized spacial score (nSPS) is 11.0. The van der Waals surface area contributed by atoms with Gasteiger partial charge in [0.05, 0.1) is 16.9 Å². The van der Waals surface area contributed by atoms with E-state index in [9.17, 15) is 4.79 Å². The number of hydrogen-bond acceptors (Lipinski definition) is 5. The first-order valence-corrected chi connectivity index (χ1v) is 8.65. The molecular weight excluding hydrogens is 358 g/mol.